The van der Waals surface area contributed by atoms with Crippen molar-refractivity contribution < 1.29 is 0 Å². The minimum Gasteiger partial charge on any atom is -0.369 e. The van der Waals surface area contributed by atoms with Crippen LogP contribution in [0.2, 0.25) is 0 Å². The summed E-state index contributed by atoms with van der Waals surface area (Å²) in [5.74, 6) is 1.39. The molecule has 8 heteroatoms. The number of nitrogens with one attached hydrogen (secondary N) is 2. The molecule has 0 aromatic carbocycles. The Hall–Kier alpha value is -1.83. The molecule has 0 radical (unpaired) electrons. The molecule has 0 saturated heterocycles. The van der Waals surface area contributed by atoms with Crippen molar-refractivity contribution in [1.29, 1.82) is 0 Å². The van der Waals surface area contributed by atoms with Crippen LogP contribution in [0.25, 0.3) is 0 Å². The third-order valence-corrected chi connectivity index (χ3v) is 3.46. The van der Waals surface area contributed by atoms with Crippen LogP contribution in [0.4, 0.5) is 5.82 Å². The van der Waals surface area contributed by atoms with Gasteiger partial charge in [-0.05, 0) is 13.8 Å². The van der Waals surface area contributed by atoms with Crippen LogP contribution >= 0.6 is 11.8 Å². The van der Waals surface area contributed by atoms with Crippen molar-refractivity contribution in [2.45, 2.75) is 31.3 Å². The summed E-state index contributed by atoms with van der Waals surface area (Å²) in [5.41, 5.74) is 0.670. The number of aromatic nitrogens is 5. The summed E-state index contributed by atoms with van der Waals surface area (Å²) in [4.78, 5) is 19.9. The zero-order valence-corrected chi connectivity index (χ0v) is 11.7. The zero-order chi connectivity index (χ0) is 13.7. The van der Waals surface area contributed by atoms with E-state index in [0.29, 0.717) is 17.5 Å². The van der Waals surface area contributed by atoms with Gasteiger partial charge in [0.15, 0.2) is 5.16 Å². The lowest BCUT2D eigenvalue weighted by molar-refractivity contribution is 0.660. The SMILES string of the molecule is CCNc1cnc(CSc2n[nH]c(=O)n2CC)cn1. The zero-order valence-electron chi connectivity index (χ0n) is 10.9. The standard InChI is InChI=1S/C11H16N6OS/c1-3-12-9-6-13-8(5-14-9)7-19-11-16-15-10(18)17(11)4-2/h5-6H,3-4,7H2,1-2H3,(H,12,14)(H,15,18). The molecule has 2 rings (SSSR count). The van der Waals surface area contributed by atoms with Crippen molar-refractivity contribution in [3.05, 3.63) is 28.6 Å². The van der Waals surface area contributed by atoms with Crippen molar-refractivity contribution in [2.75, 3.05) is 11.9 Å². The number of anilines is 1. The van der Waals surface area contributed by atoms with Gasteiger partial charge in [-0.1, -0.05) is 11.8 Å². The quantitative estimate of drug-likeness (QED) is 0.770. The Morgan fingerprint density at radius 1 is 1.37 bits per heavy atom. The summed E-state index contributed by atoms with van der Waals surface area (Å²) >= 11 is 1.46. The third-order valence-electron chi connectivity index (χ3n) is 2.45. The molecule has 2 N–H and O–H groups in total. The van der Waals surface area contributed by atoms with E-state index in [0.717, 1.165) is 18.1 Å². The lowest BCUT2D eigenvalue weighted by atomic mass is 10.5. The van der Waals surface area contributed by atoms with Gasteiger partial charge >= 0.3 is 5.69 Å². The van der Waals surface area contributed by atoms with E-state index in [-0.39, 0.29) is 5.69 Å². The normalized spacial score (nSPS) is 10.6. The molecule has 0 atom stereocenters. The average molecular weight is 280 g/mol. The van der Waals surface area contributed by atoms with Crippen molar-refractivity contribution in [3.63, 3.8) is 0 Å². The summed E-state index contributed by atoms with van der Waals surface area (Å²) in [5, 5.41) is 10.2. The second kappa shape index (κ2) is 6.37. The summed E-state index contributed by atoms with van der Waals surface area (Å²) < 4.78 is 1.59. The van der Waals surface area contributed by atoms with Crippen LogP contribution in [0, 0.1) is 0 Å². The molecule has 0 saturated carbocycles. The van der Waals surface area contributed by atoms with E-state index < -0.39 is 0 Å². The number of aromatic amines is 1. The van der Waals surface area contributed by atoms with E-state index in [4.69, 9.17) is 0 Å². The molecule has 2 heterocycles. The van der Waals surface area contributed by atoms with Gasteiger partial charge in [0.25, 0.3) is 0 Å². The van der Waals surface area contributed by atoms with Crippen molar-refractivity contribution >= 4 is 17.6 Å². The first-order chi connectivity index (χ1) is 9.24. The molecule has 0 aliphatic rings. The number of hydrogen-bond acceptors (Lipinski definition) is 6. The highest BCUT2D eigenvalue weighted by atomic mass is 32.2. The molecule has 0 bridgehead atoms. The molecule has 102 valence electrons. The van der Waals surface area contributed by atoms with Gasteiger partial charge in [-0.3, -0.25) is 9.55 Å². The van der Waals surface area contributed by atoms with Crippen molar-refractivity contribution in [2.24, 2.45) is 0 Å². The van der Waals surface area contributed by atoms with Crippen LogP contribution in [0.15, 0.2) is 22.3 Å². The lowest BCUT2D eigenvalue weighted by Gasteiger charge is -2.04. The van der Waals surface area contributed by atoms with Gasteiger partial charge in [0, 0.05) is 18.8 Å². The Morgan fingerprint density at radius 3 is 2.84 bits per heavy atom. The second-order valence-corrected chi connectivity index (χ2v) is 4.71. The lowest BCUT2D eigenvalue weighted by Crippen LogP contribution is -2.16. The van der Waals surface area contributed by atoms with Crippen LogP contribution < -0.4 is 11.0 Å². The Bertz CT molecular complexity index is 576. The molecule has 2 aromatic rings. The maximum Gasteiger partial charge on any atom is 0.343 e. The number of thioether (sulfide) groups is 1. The molecular formula is C11H16N6OS. The van der Waals surface area contributed by atoms with Gasteiger partial charge in [-0.2, -0.15) is 0 Å². The van der Waals surface area contributed by atoms with E-state index in [1.165, 1.54) is 11.8 Å². The van der Waals surface area contributed by atoms with Gasteiger partial charge in [-0.25, -0.2) is 14.9 Å². The van der Waals surface area contributed by atoms with E-state index in [1.807, 2.05) is 13.8 Å². The summed E-state index contributed by atoms with van der Waals surface area (Å²) in [6.07, 6.45) is 3.43. The highest BCUT2D eigenvalue weighted by Gasteiger charge is 2.07. The second-order valence-electron chi connectivity index (χ2n) is 3.77. The smallest absolute Gasteiger partial charge is 0.343 e. The molecule has 0 aliphatic heterocycles. The number of rotatable bonds is 6. The van der Waals surface area contributed by atoms with Gasteiger partial charge in [0.1, 0.15) is 5.82 Å². The summed E-state index contributed by atoms with van der Waals surface area (Å²) in [7, 11) is 0. The minimum atomic E-state index is -0.182. The van der Waals surface area contributed by atoms with Crippen LogP contribution in [0.1, 0.15) is 19.5 Å². The van der Waals surface area contributed by atoms with E-state index in [2.05, 4.69) is 25.5 Å². The maximum atomic E-state index is 11.4. The van der Waals surface area contributed by atoms with E-state index in [9.17, 15) is 4.79 Å². The fourth-order valence-electron chi connectivity index (χ4n) is 1.53. The Labute approximate surface area is 114 Å². The molecule has 2 aromatic heterocycles. The van der Waals surface area contributed by atoms with Crippen LogP contribution in [0.3, 0.4) is 0 Å². The molecule has 0 fully saturated rings. The van der Waals surface area contributed by atoms with Crippen molar-refractivity contribution in [1.82, 2.24) is 24.7 Å². The molecule has 0 unspecified atom stereocenters. The Morgan fingerprint density at radius 2 is 2.21 bits per heavy atom. The Kier molecular flexibility index (Phi) is 4.56. The van der Waals surface area contributed by atoms with Crippen LogP contribution in [-0.4, -0.2) is 31.3 Å². The molecule has 7 nitrogen and oxygen atoms in total. The third kappa shape index (κ3) is 3.34. The topological polar surface area (TPSA) is 88.5 Å². The average Bonchev–Trinajstić information content (AvgIpc) is 2.79. The number of nitrogens with zero attached hydrogens (tertiary/aromatic N) is 4. The monoisotopic (exact) mass is 280 g/mol. The molecular weight excluding hydrogens is 264 g/mol. The number of hydrogen-bond donors (Lipinski definition) is 2. The highest BCUT2D eigenvalue weighted by Crippen LogP contribution is 2.18. The van der Waals surface area contributed by atoms with Crippen LogP contribution in [-0.2, 0) is 12.3 Å². The van der Waals surface area contributed by atoms with Crippen LogP contribution in [0.5, 0.6) is 0 Å². The fraction of sp³-hybridized carbons (Fsp3) is 0.455. The minimum absolute atomic E-state index is 0.182. The van der Waals surface area contributed by atoms with Gasteiger partial charge in [-0.15, -0.1) is 5.10 Å². The summed E-state index contributed by atoms with van der Waals surface area (Å²) in [6.45, 7) is 5.33. The highest BCUT2D eigenvalue weighted by molar-refractivity contribution is 7.98. The first-order valence-corrected chi connectivity index (χ1v) is 7.06. The predicted octanol–water partition coefficient (Wildman–Crippen LogP) is 1.11. The predicted molar refractivity (Wildman–Crippen MR) is 74.3 cm³/mol. The largest absolute Gasteiger partial charge is 0.369 e. The van der Waals surface area contributed by atoms with Gasteiger partial charge in [0.2, 0.25) is 0 Å². The molecule has 0 amide bonds. The molecule has 19 heavy (non-hydrogen) atoms. The van der Waals surface area contributed by atoms with Gasteiger partial charge < -0.3 is 5.32 Å². The number of H-pyrrole nitrogens is 1. The first-order valence-electron chi connectivity index (χ1n) is 6.07. The van der Waals surface area contributed by atoms with Crippen molar-refractivity contribution in [3.8, 4) is 0 Å². The Balaban J connectivity index is 2.00. The fourth-order valence-corrected chi connectivity index (χ4v) is 2.44. The van der Waals surface area contributed by atoms with E-state index >= 15 is 0 Å². The summed E-state index contributed by atoms with van der Waals surface area (Å²) in [6, 6.07) is 0. The van der Waals surface area contributed by atoms with E-state index in [1.54, 1.807) is 17.0 Å². The molecule has 0 spiro atoms. The molecule has 0 aliphatic carbocycles. The first kappa shape index (κ1) is 13.6. The van der Waals surface area contributed by atoms with Gasteiger partial charge in [0.05, 0.1) is 18.1 Å². The maximum absolute atomic E-state index is 11.4.